The molecule has 304 valence electrons. The molecule has 0 spiro atoms. The molecule has 9 nitrogen and oxygen atoms in total. The first kappa shape index (κ1) is 46.7. The molecule has 1 N–H and O–H groups in total. The van der Waals surface area contributed by atoms with Gasteiger partial charge in [-0.05, 0) is 105 Å². The number of halogens is 4. The molecule has 5 aromatic rings. The summed E-state index contributed by atoms with van der Waals surface area (Å²) in [6.45, 7) is 5.06. The van der Waals surface area contributed by atoms with Gasteiger partial charge in [-0.25, -0.2) is 26.7 Å². The Hall–Kier alpha value is -4.66. The lowest BCUT2D eigenvalue weighted by Crippen LogP contribution is -2.40. The van der Waals surface area contributed by atoms with Crippen LogP contribution in [0.1, 0.15) is 49.5 Å². The summed E-state index contributed by atoms with van der Waals surface area (Å²) in [5.74, 6) is -2.91. The SMILES string of the molecule is CC(C)(C)OC(=O)C(CCNS(=O)(=O)c1ccc(F)cc1)C(CCc1ccc(-c2ccccc2)cc1)OC(=O)c1ccccc1.Fc1ccccc1.O=S(=O)(Cl)Cl. The Balaban J connectivity index is 0.000000622. The number of hydrogen-bond donors (Lipinski definition) is 1. The van der Waals surface area contributed by atoms with Crippen LogP contribution in [0.2, 0.25) is 0 Å². The summed E-state index contributed by atoms with van der Waals surface area (Å²) in [4.78, 5) is 26.7. The third-order valence-electron chi connectivity index (χ3n) is 7.81. The number of sulfonamides is 1. The number of hydrogen-bond acceptors (Lipinski definition) is 8. The summed E-state index contributed by atoms with van der Waals surface area (Å²) in [6, 6.07) is 38.9. The van der Waals surface area contributed by atoms with Gasteiger partial charge in [0.25, 0.3) is 0 Å². The predicted molar refractivity (Wildman–Crippen MR) is 218 cm³/mol. The number of nitrogens with one attached hydrogen (secondary N) is 1. The Morgan fingerprint density at radius 2 is 1.14 bits per heavy atom. The van der Waals surface area contributed by atoms with Gasteiger partial charge >= 0.3 is 20.2 Å². The van der Waals surface area contributed by atoms with Crippen molar-refractivity contribution in [3.8, 4) is 11.1 Å². The number of esters is 2. The lowest BCUT2D eigenvalue weighted by molar-refractivity contribution is -0.164. The first-order chi connectivity index (χ1) is 26.8. The molecule has 0 aliphatic rings. The standard InChI is InChI=1S/C36H38FNO6S.C6H5F.Cl2O2S/c1-36(2,3)44-35(40)32(24-25-38-45(41,42)31-21-19-30(37)20-22-31)33(43-34(39)29-12-8-5-9-13-29)23-16-26-14-17-28(18-15-26)27-10-6-4-7-11-27;7-6-4-2-1-3-5-6;1-5(2,3)4/h4-15,17-22,32-33,38H,16,23-25H2,1-3H3;1-5H;. The minimum atomic E-state index is -3.98. The highest BCUT2D eigenvalue weighted by atomic mass is 36.0. The number of aryl methyl sites for hydroxylation is 1. The molecule has 0 saturated carbocycles. The highest BCUT2D eigenvalue weighted by Crippen LogP contribution is 2.26. The van der Waals surface area contributed by atoms with Crippen LogP contribution in [0.4, 0.5) is 8.78 Å². The summed E-state index contributed by atoms with van der Waals surface area (Å²) in [5.41, 5.74) is 2.63. The van der Waals surface area contributed by atoms with E-state index in [-0.39, 0.29) is 30.1 Å². The van der Waals surface area contributed by atoms with Crippen LogP contribution in [0.3, 0.4) is 0 Å². The van der Waals surface area contributed by atoms with Gasteiger partial charge in [0, 0.05) is 27.9 Å². The molecule has 15 heteroatoms. The highest BCUT2D eigenvalue weighted by molar-refractivity contribution is 8.31. The molecule has 57 heavy (non-hydrogen) atoms. The maximum Gasteiger partial charge on any atom is 0.338 e. The van der Waals surface area contributed by atoms with Crippen molar-refractivity contribution in [3.63, 3.8) is 0 Å². The fourth-order valence-corrected chi connectivity index (χ4v) is 6.27. The van der Waals surface area contributed by atoms with Gasteiger partial charge in [-0.1, -0.05) is 91.0 Å². The Labute approximate surface area is 341 Å². The van der Waals surface area contributed by atoms with E-state index in [4.69, 9.17) is 17.9 Å². The summed E-state index contributed by atoms with van der Waals surface area (Å²) in [6.07, 6.45) is -0.147. The van der Waals surface area contributed by atoms with Crippen molar-refractivity contribution in [2.24, 2.45) is 5.92 Å². The maximum absolute atomic E-state index is 13.6. The highest BCUT2D eigenvalue weighted by Gasteiger charge is 2.35. The van der Waals surface area contributed by atoms with E-state index < -0.39 is 53.7 Å². The van der Waals surface area contributed by atoms with Crippen molar-refractivity contribution >= 4 is 51.6 Å². The zero-order chi connectivity index (χ0) is 42.1. The topological polar surface area (TPSA) is 133 Å². The zero-order valence-corrected chi connectivity index (χ0v) is 34.5. The van der Waals surface area contributed by atoms with Crippen LogP contribution < -0.4 is 4.72 Å². The van der Waals surface area contributed by atoms with Crippen LogP contribution in [0, 0.1) is 17.6 Å². The predicted octanol–water partition coefficient (Wildman–Crippen LogP) is 9.51. The van der Waals surface area contributed by atoms with Crippen molar-refractivity contribution in [2.75, 3.05) is 6.54 Å². The van der Waals surface area contributed by atoms with E-state index >= 15 is 0 Å². The largest absolute Gasteiger partial charge is 0.460 e. The van der Waals surface area contributed by atoms with Crippen molar-refractivity contribution in [2.45, 2.75) is 56.6 Å². The van der Waals surface area contributed by atoms with Gasteiger partial charge in [0.05, 0.1) is 16.4 Å². The monoisotopic (exact) mass is 861 g/mol. The van der Waals surface area contributed by atoms with E-state index in [1.807, 2.05) is 54.6 Å². The molecule has 2 unspecified atom stereocenters. The quantitative estimate of drug-likeness (QED) is 0.0915. The molecule has 0 aromatic heterocycles. The lowest BCUT2D eigenvalue weighted by atomic mass is 9.92. The number of ether oxygens (including phenoxy) is 2. The van der Waals surface area contributed by atoms with Crippen LogP contribution in [-0.2, 0) is 39.0 Å². The zero-order valence-electron chi connectivity index (χ0n) is 31.4. The molecule has 5 rings (SSSR count). The molecule has 2 atom stereocenters. The molecule has 0 amide bonds. The molecular weight excluding hydrogens is 819 g/mol. The van der Waals surface area contributed by atoms with Crippen molar-refractivity contribution < 1.29 is 44.7 Å². The van der Waals surface area contributed by atoms with Crippen LogP contribution in [0.15, 0.2) is 144 Å². The molecule has 0 fully saturated rings. The van der Waals surface area contributed by atoms with Crippen LogP contribution in [0.5, 0.6) is 0 Å². The number of carbonyl (C=O) groups excluding carboxylic acids is 2. The Bertz CT molecular complexity index is 2200. The van der Waals surface area contributed by atoms with E-state index in [0.717, 1.165) is 41.0 Å². The second-order valence-corrected chi connectivity index (χ2v) is 18.8. The van der Waals surface area contributed by atoms with E-state index in [2.05, 4.69) is 26.1 Å². The fourth-order valence-electron chi connectivity index (χ4n) is 5.22. The molecule has 0 heterocycles. The molecule has 5 aromatic carbocycles. The summed E-state index contributed by atoms with van der Waals surface area (Å²) < 4.78 is 83.5. The second-order valence-electron chi connectivity index (χ2n) is 13.4. The number of rotatable bonds is 13. The molecular formula is C42H43Cl2F2NO8S2. The third kappa shape index (κ3) is 18.4. The smallest absolute Gasteiger partial charge is 0.338 e. The van der Waals surface area contributed by atoms with Gasteiger partial charge in [-0.2, -0.15) is 8.42 Å². The van der Waals surface area contributed by atoms with Gasteiger partial charge in [-0.15, -0.1) is 0 Å². The molecule has 0 saturated heterocycles. The van der Waals surface area contributed by atoms with Crippen LogP contribution in [-0.4, -0.2) is 47.0 Å². The van der Waals surface area contributed by atoms with Crippen molar-refractivity contribution in [3.05, 3.63) is 162 Å². The van der Waals surface area contributed by atoms with Gasteiger partial charge in [-0.3, -0.25) is 4.79 Å². The Morgan fingerprint density at radius 3 is 1.63 bits per heavy atom. The van der Waals surface area contributed by atoms with E-state index in [1.165, 1.54) is 12.1 Å². The van der Waals surface area contributed by atoms with Gasteiger partial charge in [0.1, 0.15) is 23.3 Å². The number of benzene rings is 5. The van der Waals surface area contributed by atoms with Crippen molar-refractivity contribution in [1.82, 2.24) is 4.72 Å². The maximum atomic E-state index is 13.6. The Morgan fingerprint density at radius 1 is 0.667 bits per heavy atom. The number of carbonyl (C=O) groups is 2. The average molecular weight is 863 g/mol. The van der Waals surface area contributed by atoms with Crippen molar-refractivity contribution in [1.29, 1.82) is 0 Å². The minimum Gasteiger partial charge on any atom is -0.460 e. The summed E-state index contributed by atoms with van der Waals surface area (Å²) in [5, 5.41) is 0. The fraction of sp³-hybridized carbons (Fsp3) is 0.238. The van der Waals surface area contributed by atoms with E-state index in [1.54, 1.807) is 69.3 Å². The van der Waals surface area contributed by atoms with E-state index in [9.17, 15) is 26.8 Å². The summed E-state index contributed by atoms with van der Waals surface area (Å²) >= 11 is 0. The van der Waals surface area contributed by atoms with Gasteiger partial charge in [0.15, 0.2) is 0 Å². The van der Waals surface area contributed by atoms with Gasteiger partial charge in [0.2, 0.25) is 10.0 Å². The molecule has 0 radical (unpaired) electrons. The van der Waals surface area contributed by atoms with E-state index in [0.29, 0.717) is 12.0 Å². The Kier molecular flexibility index (Phi) is 18.3. The first-order valence-electron chi connectivity index (χ1n) is 17.5. The molecule has 0 bridgehead atoms. The van der Waals surface area contributed by atoms with Gasteiger partial charge < -0.3 is 9.47 Å². The normalized spacial score (nSPS) is 12.4. The average Bonchev–Trinajstić information content (AvgIpc) is 3.15. The second kappa shape index (κ2) is 22.3. The lowest BCUT2D eigenvalue weighted by Gasteiger charge is -2.29. The first-order valence-corrected chi connectivity index (χ1v) is 22.2. The molecule has 0 aliphatic carbocycles. The minimum absolute atomic E-state index is 0.00494. The summed E-state index contributed by atoms with van der Waals surface area (Å²) in [7, 11) is 0.829. The molecule has 0 aliphatic heterocycles. The third-order valence-corrected chi connectivity index (χ3v) is 9.29. The van der Waals surface area contributed by atoms with Crippen LogP contribution in [0.25, 0.3) is 11.1 Å². The van der Waals surface area contributed by atoms with Crippen LogP contribution >= 0.6 is 21.4 Å².